The van der Waals surface area contributed by atoms with Gasteiger partial charge in [-0.2, -0.15) is 16.9 Å². The first kappa shape index (κ1) is 17.7. The Bertz CT molecular complexity index is 514. The second-order valence-electron chi connectivity index (χ2n) is 4.85. The van der Waals surface area contributed by atoms with Crippen molar-refractivity contribution in [1.82, 2.24) is 15.1 Å². The summed E-state index contributed by atoms with van der Waals surface area (Å²) in [6.07, 6.45) is 3.67. The van der Waals surface area contributed by atoms with Gasteiger partial charge in [0.2, 0.25) is 0 Å². The Morgan fingerprint density at radius 2 is 2.24 bits per heavy atom. The molecule has 1 aromatic rings. The van der Waals surface area contributed by atoms with Crippen LogP contribution in [0.3, 0.4) is 0 Å². The van der Waals surface area contributed by atoms with Crippen LogP contribution in [0.15, 0.2) is 16.9 Å². The molecule has 0 fully saturated rings. The summed E-state index contributed by atoms with van der Waals surface area (Å²) in [4.78, 5) is 23.8. The minimum atomic E-state index is -0.333. The lowest BCUT2D eigenvalue weighted by Crippen LogP contribution is -2.42. The highest BCUT2D eigenvalue weighted by molar-refractivity contribution is 7.99. The van der Waals surface area contributed by atoms with Gasteiger partial charge in [0.15, 0.2) is 0 Å². The van der Waals surface area contributed by atoms with Crippen molar-refractivity contribution >= 4 is 17.7 Å². The SMILES string of the molecule is CCCCn1nc(C(=O)NC(C)C(CO)SC)ccc1=O. The molecule has 1 heterocycles. The molecule has 6 nitrogen and oxygen atoms in total. The summed E-state index contributed by atoms with van der Waals surface area (Å²) in [6, 6.07) is 2.61. The van der Waals surface area contributed by atoms with Crippen LogP contribution >= 0.6 is 11.8 Å². The van der Waals surface area contributed by atoms with Crippen molar-refractivity contribution in [2.45, 2.75) is 44.5 Å². The third-order valence-electron chi connectivity index (χ3n) is 3.22. The van der Waals surface area contributed by atoms with Gasteiger partial charge in [0, 0.05) is 23.9 Å². The van der Waals surface area contributed by atoms with Crippen molar-refractivity contribution in [3.63, 3.8) is 0 Å². The van der Waals surface area contributed by atoms with Crippen LogP contribution in [0.5, 0.6) is 0 Å². The zero-order valence-electron chi connectivity index (χ0n) is 12.7. The highest BCUT2D eigenvalue weighted by Crippen LogP contribution is 2.10. The van der Waals surface area contributed by atoms with Gasteiger partial charge in [-0.05, 0) is 25.7 Å². The summed E-state index contributed by atoms with van der Waals surface area (Å²) in [5, 5.41) is 16.1. The number of carbonyl (C=O) groups excluding carboxylic acids is 1. The number of nitrogens with one attached hydrogen (secondary N) is 1. The molecule has 1 amide bonds. The number of rotatable bonds is 8. The van der Waals surface area contributed by atoms with Gasteiger partial charge in [-0.3, -0.25) is 9.59 Å². The lowest BCUT2D eigenvalue weighted by atomic mass is 10.2. The average molecular weight is 313 g/mol. The van der Waals surface area contributed by atoms with Gasteiger partial charge in [-0.1, -0.05) is 13.3 Å². The van der Waals surface area contributed by atoms with Crippen LogP contribution < -0.4 is 10.9 Å². The number of unbranched alkanes of at least 4 members (excludes halogenated alkanes) is 1. The highest BCUT2D eigenvalue weighted by atomic mass is 32.2. The largest absolute Gasteiger partial charge is 0.395 e. The van der Waals surface area contributed by atoms with E-state index in [9.17, 15) is 14.7 Å². The normalized spacial score (nSPS) is 13.7. The van der Waals surface area contributed by atoms with Crippen LogP contribution in [0.25, 0.3) is 0 Å². The molecule has 0 bridgehead atoms. The molecule has 0 aliphatic heterocycles. The number of aryl methyl sites for hydroxylation is 1. The number of thioether (sulfide) groups is 1. The molecule has 0 saturated carbocycles. The number of aliphatic hydroxyl groups excluding tert-OH is 1. The molecule has 0 aliphatic carbocycles. The molecule has 1 rings (SSSR count). The lowest BCUT2D eigenvalue weighted by Gasteiger charge is -2.21. The zero-order valence-corrected chi connectivity index (χ0v) is 13.5. The van der Waals surface area contributed by atoms with Gasteiger partial charge >= 0.3 is 0 Å². The molecule has 0 aliphatic rings. The summed E-state index contributed by atoms with van der Waals surface area (Å²) >= 11 is 1.49. The van der Waals surface area contributed by atoms with Crippen molar-refractivity contribution < 1.29 is 9.90 Å². The quantitative estimate of drug-likeness (QED) is 0.744. The van der Waals surface area contributed by atoms with E-state index in [4.69, 9.17) is 0 Å². The van der Waals surface area contributed by atoms with E-state index in [1.54, 1.807) is 0 Å². The van der Waals surface area contributed by atoms with E-state index >= 15 is 0 Å². The molecule has 1 aromatic heterocycles. The van der Waals surface area contributed by atoms with Crippen molar-refractivity contribution in [3.05, 3.63) is 28.2 Å². The number of nitrogens with zero attached hydrogens (tertiary/aromatic N) is 2. The number of carbonyl (C=O) groups is 1. The van der Waals surface area contributed by atoms with Gasteiger partial charge in [-0.25, -0.2) is 4.68 Å². The maximum absolute atomic E-state index is 12.1. The monoisotopic (exact) mass is 313 g/mol. The lowest BCUT2D eigenvalue weighted by molar-refractivity contribution is 0.0928. The van der Waals surface area contributed by atoms with Crippen LogP contribution in [0, 0.1) is 0 Å². The van der Waals surface area contributed by atoms with E-state index < -0.39 is 0 Å². The Kier molecular flexibility index (Phi) is 7.45. The van der Waals surface area contributed by atoms with Crippen LogP contribution in [0.1, 0.15) is 37.2 Å². The number of aromatic nitrogens is 2. The minimum absolute atomic E-state index is 0.00790. The first-order chi connectivity index (χ1) is 10.0. The maximum Gasteiger partial charge on any atom is 0.271 e. The van der Waals surface area contributed by atoms with Crippen LogP contribution in [0.2, 0.25) is 0 Å². The van der Waals surface area contributed by atoms with E-state index in [0.29, 0.717) is 6.54 Å². The Labute approximate surface area is 128 Å². The van der Waals surface area contributed by atoms with Crippen LogP contribution in [-0.4, -0.2) is 44.9 Å². The molecule has 0 saturated heterocycles. The molecule has 2 atom stereocenters. The molecule has 118 valence electrons. The highest BCUT2D eigenvalue weighted by Gasteiger charge is 2.19. The molecular formula is C14H23N3O3S. The van der Waals surface area contributed by atoms with Crippen molar-refractivity contribution in [1.29, 1.82) is 0 Å². The summed E-state index contributed by atoms with van der Waals surface area (Å²) in [6.45, 7) is 4.37. The maximum atomic E-state index is 12.1. The summed E-state index contributed by atoms with van der Waals surface area (Å²) < 4.78 is 1.32. The van der Waals surface area contributed by atoms with E-state index in [1.165, 1.54) is 28.6 Å². The Hall–Kier alpha value is -1.34. The standard InChI is InChI=1S/C14H23N3O3S/c1-4-5-8-17-13(19)7-6-11(16-17)14(20)15-10(2)12(9-18)21-3/h6-7,10,12,18H,4-5,8-9H2,1-3H3,(H,15,20). The van der Waals surface area contributed by atoms with Gasteiger partial charge < -0.3 is 10.4 Å². The summed E-state index contributed by atoms with van der Waals surface area (Å²) in [7, 11) is 0. The smallest absolute Gasteiger partial charge is 0.271 e. The van der Waals surface area contributed by atoms with E-state index in [-0.39, 0.29) is 35.1 Å². The van der Waals surface area contributed by atoms with E-state index in [2.05, 4.69) is 10.4 Å². The van der Waals surface area contributed by atoms with Gasteiger partial charge in [0.1, 0.15) is 5.69 Å². The predicted molar refractivity (Wildman–Crippen MR) is 84.7 cm³/mol. The van der Waals surface area contributed by atoms with Gasteiger partial charge in [-0.15, -0.1) is 0 Å². The molecule has 7 heteroatoms. The second-order valence-corrected chi connectivity index (χ2v) is 5.93. The molecule has 21 heavy (non-hydrogen) atoms. The van der Waals surface area contributed by atoms with Gasteiger partial charge in [0.25, 0.3) is 11.5 Å². The third kappa shape index (κ3) is 5.17. The number of amides is 1. The minimum Gasteiger partial charge on any atom is -0.395 e. The second kappa shape index (κ2) is 8.84. The summed E-state index contributed by atoms with van der Waals surface area (Å²) in [5.41, 5.74) is 0.0146. The Balaban J connectivity index is 2.80. The topological polar surface area (TPSA) is 84.2 Å². The molecule has 2 N–H and O–H groups in total. The number of hydrogen-bond donors (Lipinski definition) is 2. The third-order valence-corrected chi connectivity index (χ3v) is 4.38. The zero-order chi connectivity index (χ0) is 15.8. The fourth-order valence-electron chi connectivity index (χ4n) is 1.85. The van der Waals surface area contributed by atoms with Crippen molar-refractivity contribution in [2.24, 2.45) is 0 Å². The first-order valence-corrected chi connectivity index (χ1v) is 8.35. The molecule has 0 aromatic carbocycles. The van der Waals surface area contributed by atoms with Crippen LogP contribution in [0.4, 0.5) is 0 Å². The molecule has 2 unspecified atom stereocenters. The van der Waals surface area contributed by atoms with Crippen molar-refractivity contribution in [3.8, 4) is 0 Å². The van der Waals surface area contributed by atoms with E-state index in [1.807, 2.05) is 20.1 Å². The van der Waals surface area contributed by atoms with Gasteiger partial charge in [0.05, 0.1) is 6.61 Å². The average Bonchev–Trinajstić information content (AvgIpc) is 2.47. The predicted octanol–water partition coefficient (Wildman–Crippen LogP) is 0.886. The number of hydrogen-bond acceptors (Lipinski definition) is 5. The fourth-order valence-corrected chi connectivity index (χ4v) is 2.47. The summed E-state index contributed by atoms with van der Waals surface area (Å²) in [5.74, 6) is -0.333. The van der Waals surface area contributed by atoms with E-state index in [0.717, 1.165) is 12.8 Å². The molecule has 0 spiro atoms. The van der Waals surface area contributed by atoms with Crippen LogP contribution in [-0.2, 0) is 6.54 Å². The number of aliphatic hydroxyl groups is 1. The Morgan fingerprint density at radius 1 is 1.52 bits per heavy atom. The fraction of sp³-hybridized carbons (Fsp3) is 0.643. The van der Waals surface area contributed by atoms with Crippen molar-refractivity contribution in [2.75, 3.05) is 12.9 Å². The first-order valence-electron chi connectivity index (χ1n) is 7.06. The Morgan fingerprint density at radius 3 is 2.81 bits per heavy atom. The molecule has 0 radical (unpaired) electrons. The molecular weight excluding hydrogens is 290 g/mol.